The van der Waals surface area contributed by atoms with Crippen LogP contribution in [0.2, 0.25) is 0 Å². The molecule has 0 bridgehead atoms. The van der Waals surface area contributed by atoms with Gasteiger partial charge in [-0.15, -0.1) is 24.2 Å². The van der Waals surface area contributed by atoms with Crippen LogP contribution < -0.4 is 4.74 Å². The first-order valence-corrected chi connectivity index (χ1v) is 12.0. The molecule has 0 aromatic heterocycles. The summed E-state index contributed by atoms with van der Waals surface area (Å²) in [6.07, 6.45) is 4.27. The van der Waals surface area contributed by atoms with Crippen LogP contribution in [0, 0.1) is 5.92 Å². The van der Waals surface area contributed by atoms with Crippen molar-refractivity contribution >= 4 is 30.1 Å². The van der Waals surface area contributed by atoms with E-state index in [4.69, 9.17) is 4.74 Å². The number of fused-ring (bicyclic) bond motifs is 1. The van der Waals surface area contributed by atoms with Gasteiger partial charge < -0.3 is 14.5 Å². The lowest BCUT2D eigenvalue weighted by molar-refractivity contribution is -0.132. The van der Waals surface area contributed by atoms with Crippen LogP contribution in [-0.4, -0.2) is 54.7 Å². The lowest BCUT2D eigenvalue weighted by atomic mass is 9.90. The Morgan fingerprint density at radius 1 is 1.10 bits per heavy atom. The molecule has 1 amide bonds. The largest absolute Gasteiger partial charge is 0.497 e. The maximum absolute atomic E-state index is 12.9. The SMILES string of the molecule is COc1ccc2c(c1)CN(C(=O)CCN1CCC(Cc3ccccc3)CC1)CCS2.Cl. The third kappa shape index (κ3) is 6.64. The minimum Gasteiger partial charge on any atom is -0.497 e. The Hall–Kier alpha value is -1.69. The molecule has 0 spiro atoms. The van der Waals surface area contributed by atoms with Gasteiger partial charge in [0.1, 0.15) is 5.75 Å². The number of likely N-dealkylation sites (tertiary alicyclic amines) is 1. The van der Waals surface area contributed by atoms with Crippen LogP contribution in [0.4, 0.5) is 0 Å². The van der Waals surface area contributed by atoms with Crippen LogP contribution in [0.25, 0.3) is 0 Å². The van der Waals surface area contributed by atoms with Crippen molar-refractivity contribution in [1.82, 2.24) is 9.80 Å². The third-order valence-corrected chi connectivity index (χ3v) is 7.41. The molecule has 2 aromatic carbocycles. The monoisotopic (exact) mass is 460 g/mol. The number of amides is 1. The summed E-state index contributed by atoms with van der Waals surface area (Å²) >= 11 is 1.84. The second-order valence-corrected chi connectivity index (χ2v) is 9.50. The van der Waals surface area contributed by atoms with Crippen LogP contribution >= 0.6 is 24.2 Å². The third-order valence-electron chi connectivity index (χ3n) is 6.32. The number of methoxy groups -OCH3 is 1. The minimum absolute atomic E-state index is 0. The van der Waals surface area contributed by atoms with E-state index in [-0.39, 0.29) is 18.3 Å². The van der Waals surface area contributed by atoms with Gasteiger partial charge in [-0.2, -0.15) is 0 Å². The Bertz CT molecular complexity index is 841. The quantitative estimate of drug-likeness (QED) is 0.614. The fraction of sp³-hybridized carbons (Fsp3) is 0.480. The van der Waals surface area contributed by atoms with Gasteiger partial charge in [0.25, 0.3) is 0 Å². The average Bonchev–Trinajstić information content (AvgIpc) is 3.01. The molecule has 0 N–H and O–H groups in total. The van der Waals surface area contributed by atoms with Crippen molar-refractivity contribution in [2.45, 2.75) is 37.1 Å². The van der Waals surface area contributed by atoms with E-state index in [1.807, 2.05) is 22.7 Å². The number of piperidine rings is 1. The van der Waals surface area contributed by atoms with E-state index in [0.717, 1.165) is 43.6 Å². The van der Waals surface area contributed by atoms with Crippen molar-refractivity contribution in [3.05, 3.63) is 59.7 Å². The molecule has 6 heteroatoms. The molecular formula is C25H33ClN2O2S. The van der Waals surface area contributed by atoms with Gasteiger partial charge in [0.2, 0.25) is 5.91 Å². The van der Waals surface area contributed by atoms with Crippen molar-refractivity contribution in [1.29, 1.82) is 0 Å². The molecule has 31 heavy (non-hydrogen) atoms. The highest BCUT2D eigenvalue weighted by Gasteiger charge is 2.23. The zero-order chi connectivity index (χ0) is 20.8. The summed E-state index contributed by atoms with van der Waals surface area (Å²) in [4.78, 5) is 18.7. The van der Waals surface area contributed by atoms with Crippen molar-refractivity contribution in [3.63, 3.8) is 0 Å². The average molecular weight is 461 g/mol. The van der Waals surface area contributed by atoms with Crippen molar-refractivity contribution in [3.8, 4) is 5.75 Å². The number of ether oxygens (including phenoxy) is 1. The lowest BCUT2D eigenvalue weighted by Crippen LogP contribution is -2.38. The first kappa shape index (κ1) is 24.0. The predicted octanol–water partition coefficient (Wildman–Crippen LogP) is 4.90. The molecule has 4 nitrogen and oxygen atoms in total. The molecule has 0 atom stereocenters. The molecule has 1 saturated heterocycles. The molecule has 2 aliphatic rings. The smallest absolute Gasteiger partial charge is 0.224 e. The van der Waals surface area contributed by atoms with Crippen LogP contribution in [-0.2, 0) is 17.8 Å². The summed E-state index contributed by atoms with van der Waals surface area (Å²) < 4.78 is 5.37. The van der Waals surface area contributed by atoms with Crippen LogP contribution in [0.15, 0.2) is 53.4 Å². The van der Waals surface area contributed by atoms with Gasteiger partial charge in [-0.05, 0) is 67.6 Å². The molecule has 0 unspecified atom stereocenters. The lowest BCUT2D eigenvalue weighted by Gasteiger charge is -2.32. The zero-order valence-electron chi connectivity index (χ0n) is 18.3. The fourth-order valence-corrected chi connectivity index (χ4v) is 5.49. The number of hydrogen-bond acceptors (Lipinski definition) is 4. The normalized spacial score (nSPS) is 17.4. The van der Waals surface area contributed by atoms with Gasteiger partial charge in [-0.25, -0.2) is 0 Å². The molecular weight excluding hydrogens is 428 g/mol. The van der Waals surface area contributed by atoms with E-state index in [1.54, 1.807) is 7.11 Å². The summed E-state index contributed by atoms with van der Waals surface area (Å²) in [5.74, 6) is 2.86. The van der Waals surface area contributed by atoms with Crippen molar-refractivity contribution < 1.29 is 9.53 Å². The molecule has 168 valence electrons. The van der Waals surface area contributed by atoms with Gasteiger partial charge in [-0.1, -0.05) is 30.3 Å². The van der Waals surface area contributed by atoms with Crippen LogP contribution in [0.3, 0.4) is 0 Å². The standard InChI is InChI=1S/C25H32N2O2S.ClH/c1-29-23-7-8-24-22(18-23)19-27(15-16-30-24)25(28)11-14-26-12-9-21(10-13-26)17-20-5-3-2-4-6-20;/h2-8,18,21H,9-17,19H2,1H3;1H. The number of thioether (sulfide) groups is 1. The number of carbonyl (C=O) groups excluding carboxylic acids is 1. The number of nitrogens with zero attached hydrogens (tertiary/aromatic N) is 2. The summed E-state index contributed by atoms with van der Waals surface area (Å²) in [7, 11) is 1.69. The Morgan fingerprint density at radius 2 is 1.87 bits per heavy atom. The Balaban J connectivity index is 0.00000272. The van der Waals surface area contributed by atoms with Gasteiger partial charge >= 0.3 is 0 Å². The highest BCUT2D eigenvalue weighted by Crippen LogP contribution is 2.30. The molecule has 2 aromatic rings. The predicted molar refractivity (Wildman–Crippen MR) is 130 cm³/mol. The number of benzene rings is 2. The van der Waals surface area contributed by atoms with Crippen molar-refractivity contribution in [2.75, 3.05) is 39.0 Å². The fourth-order valence-electron chi connectivity index (χ4n) is 4.48. The Kier molecular flexibility index (Phi) is 9.12. The molecule has 0 saturated carbocycles. The molecule has 2 aliphatic heterocycles. The Morgan fingerprint density at radius 3 is 2.61 bits per heavy atom. The van der Waals surface area contributed by atoms with E-state index >= 15 is 0 Å². The van der Waals surface area contributed by atoms with Crippen LogP contribution in [0.1, 0.15) is 30.4 Å². The molecule has 0 aliphatic carbocycles. The van der Waals surface area contributed by atoms with E-state index in [1.165, 1.54) is 35.3 Å². The summed E-state index contributed by atoms with van der Waals surface area (Å²) in [6.45, 7) is 4.62. The number of carbonyl (C=O) groups is 1. The van der Waals surface area contributed by atoms with Crippen molar-refractivity contribution in [2.24, 2.45) is 5.92 Å². The van der Waals surface area contributed by atoms with Gasteiger partial charge in [0.05, 0.1) is 7.11 Å². The number of rotatable bonds is 6. The minimum atomic E-state index is 0. The summed E-state index contributed by atoms with van der Waals surface area (Å²) in [5, 5.41) is 0. The van der Waals surface area contributed by atoms with E-state index < -0.39 is 0 Å². The first-order valence-electron chi connectivity index (χ1n) is 11.0. The second-order valence-electron chi connectivity index (χ2n) is 8.36. The van der Waals surface area contributed by atoms with Crippen LogP contribution in [0.5, 0.6) is 5.75 Å². The van der Waals surface area contributed by atoms with E-state index in [9.17, 15) is 4.79 Å². The first-order chi connectivity index (χ1) is 14.7. The maximum atomic E-state index is 12.9. The summed E-state index contributed by atoms with van der Waals surface area (Å²) in [5.41, 5.74) is 2.65. The Labute approximate surface area is 196 Å². The van der Waals surface area contributed by atoms with E-state index in [0.29, 0.717) is 13.0 Å². The summed E-state index contributed by atoms with van der Waals surface area (Å²) in [6, 6.07) is 17.0. The molecule has 4 rings (SSSR count). The maximum Gasteiger partial charge on any atom is 0.224 e. The molecule has 2 heterocycles. The molecule has 0 radical (unpaired) electrons. The number of hydrogen-bond donors (Lipinski definition) is 0. The van der Waals surface area contributed by atoms with E-state index in [2.05, 4.69) is 47.4 Å². The van der Waals surface area contributed by atoms with Gasteiger partial charge in [0.15, 0.2) is 0 Å². The van der Waals surface area contributed by atoms with Gasteiger partial charge in [-0.3, -0.25) is 4.79 Å². The topological polar surface area (TPSA) is 32.8 Å². The highest BCUT2D eigenvalue weighted by atomic mass is 35.5. The highest BCUT2D eigenvalue weighted by molar-refractivity contribution is 7.99. The second kappa shape index (κ2) is 11.8. The number of halogens is 1. The van der Waals surface area contributed by atoms with Gasteiger partial charge in [0, 0.05) is 36.7 Å². The zero-order valence-corrected chi connectivity index (χ0v) is 19.9. The molecule has 1 fully saturated rings.